The Morgan fingerprint density at radius 3 is 2.52 bits per heavy atom. The Labute approximate surface area is 144 Å². The molecule has 5 heteroatoms. The van der Waals surface area contributed by atoms with Crippen molar-refractivity contribution in [1.82, 2.24) is 4.98 Å². The summed E-state index contributed by atoms with van der Waals surface area (Å²) in [6, 6.07) is 6.32. The number of aromatic nitrogens is 1. The van der Waals surface area contributed by atoms with Crippen LogP contribution in [0.4, 0.5) is 5.69 Å². The number of halogens is 1. The minimum atomic E-state index is -0.330. The third kappa shape index (κ3) is 2.65. The van der Waals surface area contributed by atoms with E-state index in [9.17, 15) is 0 Å². The third-order valence-corrected chi connectivity index (χ3v) is 5.55. The maximum absolute atomic E-state index is 5.86. The first-order chi connectivity index (χ1) is 11.1. The molecule has 122 valence electrons. The van der Waals surface area contributed by atoms with Crippen LogP contribution in [0.1, 0.15) is 24.1 Å². The second kappa shape index (κ2) is 5.72. The Hall–Kier alpha value is -1.17. The molecule has 0 atom stereocenters. The Balaban J connectivity index is 1.73. The van der Waals surface area contributed by atoms with Crippen LogP contribution in [0.3, 0.4) is 0 Å². The maximum atomic E-state index is 5.86. The summed E-state index contributed by atoms with van der Waals surface area (Å²) in [5.74, 6) is -0.330. The number of hydrogen-bond donors (Lipinski definition) is 0. The zero-order valence-electron chi connectivity index (χ0n) is 13.6. The van der Waals surface area contributed by atoms with E-state index in [1.54, 1.807) is 0 Å². The van der Waals surface area contributed by atoms with E-state index in [-0.39, 0.29) is 5.79 Å². The van der Waals surface area contributed by atoms with Crippen molar-refractivity contribution in [2.45, 2.75) is 32.5 Å². The fraction of sp³-hybridized carbons (Fsp3) is 0.500. The predicted molar refractivity (Wildman–Crippen MR) is 95.0 cm³/mol. The molecule has 1 aromatic carbocycles. The zero-order valence-corrected chi connectivity index (χ0v) is 15.1. The number of pyridine rings is 1. The molecule has 2 aromatic rings. The summed E-state index contributed by atoms with van der Waals surface area (Å²) >= 11 is 3.60. The van der Waals surface area contributed by atoms with E-state index in [0.29, 0.717) is 0 Å². The van der Waals surface area contributed by atoms with Crippen LogP contribution < -0.4 is 4.90 Å². The Bertz CT molecular complexity index is 746. The lowest BCUT2D eigenvalue weighted by molar-refractivity contribution is -0.169. The van der Waals surface area contributed by atoms with Crippen molar-refractivity contribution >= 4 is 32.5 Å². The van der Waals surface area contributed by atoms with E-state index >= 15 is 0 Å². The van der Waals surface area contributed by atoms with Crippen molar-refractivity contribution in [3.05, 3.63) is 33.9 Å². The van der Waals surface area contributed by atoms with Gasteiger partial charge in [0.15, 0.2) is 5.79 Å². The Morgan fingerprint density at radius 2 is 1.83 bits per heavy atom. The number of hydrogen-bond acceptors (Lipinski definition) is 4. The van der Waals surface area contributed by atoms with Gasteiger partial charge in [0.1, 0.15) is 0 Å². The summed E-state index contributed by atoms with van der Waals surface area (Å²) in [6.07, 6.45) is 1.84. The lowest BCUT2D eigenvalue weighted by Crippen LogP contribution is -2.45. The molecule has 2 aliphatic rings. The van der Waals surface area contributed by atoms with Gasteiger partial charge in [0.05, 0.1) is 24.4 Å². The zero-order chi connectivity index (χ0) is 16.0. The molecule has 0 amide bonds. The monoisotopic (exact) mass is 376 g/mol. The quantitative estimate of drug-likeness (QED) is 0.754. The van der Waals surface area contributed by atoms with Crippen LogP contribution in [-0.4, -0.2) is 37.1 Å². The molecule has 1 spiro atoms. The van der Waals surface area contributed by atoms with Crippen molar-refractivity contribution in [3.63, 3.8) is 0 Å². The summed E-state index contributed by atoms with van der Waals surface area (Å²) in [4.78, 5) is 7.21. The molecule has 0 bridgehead atoms. The SMILES string of the molecule is Cc1nc2ccc(Br)cc2c(N2CCC3(CC2)OCCO3)c1C. The molecule has 0 radical (unpaired) electrons. The first kappa shape index (κ1) is 15.4. The van der Waals surface area contributed by atoms with Crippen molar-refractivity contribution in [2.24, 2.45) is 0 Å². The number of ether oxygens (including phenoxy) is 2. The molecule has 0 unspecified atom stereocenters. The van der Waals surface area contributed by atoms with E-state index in [0.717, 1.165) is 54.8 Å². The molecule has 1 aromatic heterocycles. The summed E-state index contributed by atoms with van der Waals surface area (Å²) in [6.45, 7) is 7.62. The molecular weight excluding hydrogens is 356 g/mol. The van der Waals surface area contributed by atoms with Gasteiger partial charge >= 0.3 is 0 Å². The van der Waals surface area contributed by atoms with Crippen molar-refractivity contribution in [3.8, 4) is 0 Å². The first-order valence-corrected chi connectivity index (χ1v) is 8.97. The van der Waals surface area contributed by atoms with Crippen LogP contribution in [0.2, 0.25) is 0 Å². The molecule has 2 fully saturated rings. The fourth-order valence-corrected chi connectivity index (χ4v) is 4.06. The molecule has 0 N–H and O–H groups in total. The van der Waals surface area contributed by atoms with Crippen LogP contribution in [0, 0.1) is 13.8 Å². The van der Waals surface area contributed by atoms with E-state index in [1.165, 1.54) is 16.6 Å². The van der Waals surface area contributed by atoms with Crippen LogP contribution in [-0.2, 0) is 9.47 Å². The van der Waals surface area contributed by atoms with Crippen LogP contribution in [0.5, 0.6) is 0 Å². The molecule has 4 rings (SSSR count). The van der Waals surface area contributed by atoms with E-state index in [4.69, 9.17) is 14.5 Å². The molecule has 2 aliphatic heterocycles. The number of anilines is 1. The van der Waals surface area contributed by atoms with E-state index in [1.807, 2.05) is 0 Å². The molecule has 0 saturated carbocycles. The lowest BCUT2D eigenvalue weighted by Gasteiger charge is -2.39. The van der Waals surface area contributed by atoms with Crippen LogP contribution in [0.15, 0.2) is 22.7 Å². The predicted octanol–water partition coefficient (Wildman–Crippen LogP) is 3.96. The van der Waals surface area contributed by atoms with Crippen LogP contribution >= 0.6 is 15.9 Å². The number of aryl methyl sites for hydroxylation is 1. The average Bonchev–Trinajstić information content (AvgIpc) is 2.99. The molecule has 4 nitrogen and oxygen atoms in total. The fourth-order valence-electron chi connectivity index (χ4n) is 3.70. The smallest absolute Gasteiger partial charge is 0.171 e. The van der Waals surface area contributed by atoms with Crippen LogP contribution in [0.25, 0.3) is 10.9 Å². The molecule has 23 heavy (non-hydrogen) atoms. The second-order valence-electron chi connectivity index (χ2n) is 6.43. The van der Waals surface area contributed by atoms with Gasteiger partial charge in [0, 0.05) is 41.5 Å². The highest BCUT2D eigenvalue weighted by Gasteiger charge is 2.40. The Morgan fingerprint density at radius 1 is 1.13 bits per heavy atom. The summed E-state index contributed by atoms with van der Waals surface area (Å²) in [7, 11) is 0. The molecule has 3 heterocycles. The molecule has 0 aliphatic carbocycles. The first-order valence-electron chi connectivity index (χ1n) is 8.17. The topological polar surface area (TPSA) is 34.6 Å². The highest BCUT2D eigenvalue weighted by molar-refractivity contribution is 9.10. The van der Waals surface area contributed by atoms with Gasteiger partial charge in [-0.15, -0.1) is 0 Å². The standard InChI is InChI=1S/C18H21BrN2O2/c1-12-13(2)20-16-4-3-14(19)11-15(16)17(12)21-7-5-18(6-8-21)22-9-10-23-18/h3-4,11H,5-10H2,1-2H3. The van der Waals surface area contributed by atoms with E-state index < -0.39 is 0 Å². The van der Waals surface area contributed by atoms with Gasteiger partial charge < -0.3 is 14.4 Å². The highest BCUT2D eigenvalue weighted by Crippen LogP contribution is 2.38. The van der Waals surface area contributed by atoms with Crippen molar-refractivity contribution < 1.29 is 9.47 Å². The number of fused-ring (bicyclic) bond motifs is 1. The van der Waals surface area contributed by atoms with Gasteiger partial charge in [-0.2, -0.15) is 0 Å². The lowest BCUT2D eigenvalue weighted by atomic mass is 9.99. The van der Waals surface area contributed by atoms with Crippen molar-refractivity contribution in [2.75, 3.05) is 31.2 Å². The number of benzene rings is 1. The summed E-state index contributed by atoms with van der Waals surface area (Å²) < 4.78 is 12.8. The minimum Gasteiger partial charge on any atom is -0.370 e. The summed E-state index contributed by atoms with van der Waals surface area (Å²) in [5, 5.41) is 1.21. The average molecular weight is 377 g/mol. The normalized spacial score (nSPS) is 20.6. The number of piperidine rings is 1. The maximum Gasteiger partial charge on any atom is 0.171 e. The number of nitrogens with zero attached hydrogens (tertiary/aromatic N) is 2. The summed E-state index contributed by atoms with van der Waals surface area (Å²) in [5.41, 5.74) is 4.73. The van der Waals surface area contributed by atoms with Gasteiger partial charge in [-0.1, -0.05) is 15.9 Å². The van der Waals surface area contributed by atoms with Crippen molar-refractivity contribution in [1.29, 1.82) is 0 Å². The third-order valence-electron chi connectivity index (χ3n) is 5.05. The second-order valence-corrected chi connectivity index (χ2v) is 7.34. The van der Waals surface area contributed by atoms with Gasteiger partial charge in [0.25, 0.3) is 0 Å². The van der Waals surface area contributed by atoms with Gasteiger partial charge in [0.2, 0.25) is 0 Å². The van der Waals surface area contributed by atoms with Gasteiger partial charge in [-0.25, -0.2) is 0 Å². The largest absolute Gasteiger partial charge is 0.370 e. The highest BCUT2D eigenvalue weighted by atomic mass is 79.9. The molecule has 2 saturated heterocycles. The van der Waals surface area contributed by atoms with Gasteiger partial charge in [-0.05, 0) is 37.6 Å². The Kier molecular flexibility index (Phi) is 3.82. The minimum absolute atomic E-state index is 0.330. The van der Waals surface area contributed by atoms with E-state index in [2.05, 4.69) is 52.9 Å². The number of rotatable bonds is 1. The molecular formula is C18H21BrN2O2. The van der Waals surface area contributed by atoms with Gasteiger partial charge in [-0.3, -0.25) is 4.98 Å².